The summed E-state index contributed by atoms with van der Waals surface area (Å²) in [5, 5.41) is 7.31. The average molecular weight is 238 g/mol. The van der Waals surface area contributed by atoms with Crippen LogP contribution in [0.4, 0.5) is 0 Å². The molecule has 0 saturated heterocycles. The number of aromatic nitrogens is 1. The fourth-order valence-corrected chi connectivity index (χ4v) is 2.91. The lowest BCUT2D eigenvalue weighted by Gasteiger charge is -2.19. The van der Waals surface area contributed by atoms with Gasteiger partial charge < -0.3 is 5.73 Å². The van der Waals surface area contributed by atoms with Gasteiger partial charge in [-0.05, 0) is 24.8 Å². The normalized spacial score (nSPS) is 15.1. The van der Waals surface area contributed by atoms with Gasteiger partial charge in [0.1, 0.15) is 5.01 Å². The van der Waals surface area contributed by atoms with E-state index in [2.05, 4.69) is 34.1 Å². The summed E-state index contributed by atoms with van der Waals surface area (Å²) >= 11 is 3.36. The zero-order chi connectivity index (χ0) is 10.9. The zero-order valence-corrected chi connectivity index (χ0v) is 10.5. The van der Waals surface area contributed by atoms with Crippen molar-refractivity contribution in [1.29, 1.82) is 0 Å². The zero-order valence-electron chi connectivity index (χ0n) is 8.86. The first-order valence-electron chi connectivity index (χ1n) is 4.91. The largest absolute Gasteiger partial charge is 0.320 e. The van der Waals surface area contributed by atoms with Crippen LogP contribution in [0.1, 0.15) is 26.0 Å². The minimum absolute atomic E-state index is 0.301. The van der Waals surface area contributed by atoms with Crippen LogP contribution >= 0.6 is 22.7 Å². The van der Waals surface area contributed by atoms with Crippen molar-refractivity contribution in [3.63, 3.8) is 0 Å². The number of thiazole rings is 1. The third-order valence-corrected chi connectivity index (χ3v) is 4.17. The lowest BCUT2D eigenvalue weighted by Crippen LogP contribution is -2.32. The maximum absolute atomic E-state index is 6.15. The van der Waals surface area contributed by atoms with E-state index in [1.165, 1.54) is 5.56 Å². The minimum Gasteiger partial charge on any atom is -0.320 e. The minimum atomic E-state index is -0.301. The van der Waals surface area contributed by atoms with Gasteiger partial charge in [0.25, 0.3) is 0 Å². The summed E-state index contributed by atoms with van der Waals surface area (Å²) in [6, 6.07) is 2.09. The summed E-state index contributed by atoms with van der Waals surface area (Å²) in [6.07, 6.45) is 0.903. The number of thiophene rings is 1. The number of hydrogen-bond donors (Lipinski definition) is 1. The molecule has 0 fully saturated rings. The SMILES string of the molecule is CCC(C)(N)c1csc(-c2ccsc2)n1. The van der Waals surface area contributed by atoms with Gasteiger partial charge in [-0.2, -0.15) is 11.3 Å². The molecule has 0 radical (unpaired) electrons. The highest BCUT2D eigenvalue weighted by atomic mass is 32.1. The molecule has 4 heteroatoms. The molecule has 1 unspecified atom stereocenters. The Morgan fingerprint density at radius 3 is 2.87 bits per heavy atom. The van der Waals surface area contributed by atoms with E-state index in [0.717, 1.165) is 17.1 Å². The molecule has 80 valence electrons. The smallest absolute Gasteiger partial charge is 0.124 e. The van der Waals surface area contributed by atoms with Gasteiger partial charge >= 0.3 is 0 Å². The Kier molecular flexibility index (Phi) is 2.91. The summed E-state index contributed by atoms with van der Waals surface area (Å²) < 4.78 is 0. The fourth-order valence-electron chi connectivity index (χ4n) is 1.24. The van der Waals surface area contributed by atoms with Gasteiger partial charge in [-0.25, -0.2) is 4.98 Å². The highest BCUT2D eigenvalue weighted by Gasteiger charge is 2.22. The Balaban J connectivity index is 2.33. The first kappa shape index (κ1) is 10.8. The molecule has 2 nitrogen and oxygen atoms in total. The second-order valence-corrected chi connectivity index (χ2v) is 5.46. The summed E-state index contributed by atoms with van der Waals surface area (Å²) in [4.78, 5) is 4.60. The van der Waals surface area contributed by atoms with Crippen LogP contribution in [-0.2, 0) is 5.54 Å². The van der Waals surface area contributed by atoms with E-state index in [1.807, 2.05) is 6.92 Å². The summed E-state index contributed by atoms with van der Waals surface area (Å²) in [5.74, 6) is 0. The van der Waals surface area contributed by atoms with Crippen LogP contribution in [0, 0.1) is 0 Å². The van der Waals surface area contributed by atoms with Crippen LogP contribution in [0.5, 0.6) is 0 Å². The van der Waals surface area contributed by atoms with E-state index in [9.17, 15) is 0 Å². The first-order chi connectivity index (χ1) is 7.13. The Hall–Kier alpha value is -0.710. The first-order valence-corrected chi connectivity index (χ1v) is 6.73. The molecule has 2 aromatic heterocycles. The highest BCUT2D eigenvalue weighted by molar-refractivity contribution is 7.14. The summed E-state index contributed by atoms with van der Waals surface area (Å²) in [7, 11) is 0. The van der Waals surface area contributed by atoms with Gasteiger partial charge in [-0.15, -0.1) is 11.3 Å². The molecule has 0 aliphatic rings. The standard InChI is InChI=1S/C11H14N2S2/c1-3-11(2,12)9-7-15-10(13-9)8-4-5-14-6-8/h4-7H,3,12H2,1-2H3. The monoisotopic (exact) mass is 238 g/mol. The van der Waals surface area contributed by atoms with Crippen LogP contribution in [0.25, 0.3) is 10.6 Å². The van der Waals surface area contributed by atoms with Gasteiger partial charge in [0, 0.05) is 16.3 Å². The van der Waals surface area contributed by atoms with Crippen molar-refractivity contribution in [2.45, 2.75) is 25.8 Å². The van der Waals surface area contributed by atoms with Crippen LogP contribution in [0.15, 0.2) is 22.2 Å². The van der Waals surface area contributed by atoms with Crippen LogP contribution in [0.3, 0.4) is 0 Å². The Labute approximate surface area is 97.8 Å². The predicted octanol–water partition coefficient (Wildman–Crippen LogP) is 3.46. The van der Waals surface area contributed by atoms with Gasteiger partial charge in [-0.3, -0.25) is 0 Å². The summed E-state index contributed by atoms with van der Waals surface area (Å²) in [6.45, 7) is 4.11. The quantitative estimate of drug-likeness (QED) is 0.889. The van der Waals surface area contributed by atoms with Crippen molar-refractivity contribution >= 4 is 22.7 Å². The number of nitrogens with two attached hydrogens (primary N) is 1. The molecule has 15 heavy (non-hydrogen) atoms. The lowest BCUT2D eigenvalue weighted by atomic mass is 9.97. The Morgan fingerprint density at radius 2 is 2.27 bits per heavy atom. The van der Waals surface area contributed by atoms with Crippen LogP contribution in [-0.4, -0.2) is 4.98 Å². The fraction of sp³-hybridized carbons (Fsp3) is 0.364. The van der Waals surface area contributed by atoms with Gasteiger partial charge in [0.2, 0.25) is 0 Å². The van der Waals surface area contributed by atoms with Crippen molar-refractivity contribution in [2.75, 3.05) is 0 Å². The van der Waals surface area contributed by atoms with Gasteiger partial charge in [-0.1, -0.05) is 6.92 Å². The molecule has 1 atom stereocenters. The Morgan fingerprint density at radius 1 is 1.47 bits per heavy atom. The molecule has 2 heterocycles. The predicted molar refractivity (Wildman–Crippen MR) is 67.3 cm³/mol. The molecular formula is C11H14N2S2. The lowest BCUT2D eigenvalue weighted by molar-refractivity contribution is 0.465. The molecule has 0 aliphatic carbocycles. The second-order valence-electron chi connectivity index (χ2n) is 3.82. The molecule has 2 aromatic rings. The maximum Gasteiger partial charge on any atom is 0.124 e. The van der Waals surface area contributed by atoms with Crippen molar-refractivity contribution in [1.82, 2.24) is 4.98 Å². The number of rotatable bonds is 3. The molecule has 0 spiro atoms. The molecule has 0 amide bonds. The van der Waals surface area contributed by atoms with Crippen molar-refractivity contribution in [2.24, 2.45) is 5.73 Å². The van der Waals surface area contributed by atoms with E-state index in [4.69, 9.17) is 5.73 Å². The molecule has 0 saturated carbocycles. The molecule has 0 bridgehead atoms. The third-order valence-electron chi connectivity index (χ3n) is 2.59. The van der Waals surface area contributed by atoms with Crippen molar-refractivity contribution < 1.29 is 0 Å². The average Bonchev–Trinajstić information content (AvgIpc) is 2.88. The third kappa shape index (κ3) is 2.12. The van der Waals surface area contributed by atoms with Crippen LogP contribution < -0.4 is 5.73 Å². The van der Waals surface area contributed by atoms with E-state index in [1.54, 1.807) is 22.7 Å². The molecule has 0 aliphatic heterocycles. The van der Waals surface area contributed by atoms with E-state index >= 15 is 0 Å². The maximum atomic E-state index is 6.15. The summed E-state index contributed by atoms with van der Waals surface area (Å²) in [5.41, 5.74) is 8.04. The molecular weight excluding hydrogens is 224 g/mol. The second kappa shape index (κ2) is 4.04. The van der Waals surface area contributed by atoms with Gasteiger partial charge in [0.15, 0.2) is 0 Å². The van der Waals surface area contributed by atoms with Crippen LogP contribution in [0.2, 0.25) is 0 Å². The highest BCUT2D eigenvalue weighted by Crippen LogP contribution is 2.30. The number of nitrogens with zero attached hydrogens (tertiary/aromatic N) is 1. The van der Waals surface area contributed by atoms with Gasteiger partial charge in [0.05, 0.1) is 11.2 Å². The topological polar surface area (TPSA) is 38.9 Å². The Bertz CT molecular complexity index is 429. The van der Waals surface area contributed by atoms with Crippen molar-refractivity contribution in [3.05, 3.63) is 27.9 Å². The van der Waals surface area contributed by atoms with Crippen molar-refractivity contribution in [3.8, 4) is 10.6 Å². The van der Waals surface area contributed by atoms with E-state index < -0.39 is 0 Å². The number of hydrogen-bond acceptors (Lipinski definition) is 4. The van der Waals surface area contributed by atoms with E-state index in [-0.39, 0.29) is 5.54 Å². The molecule has 0 aromatic carbocycles. The molecule has 2 N–H and O–H groups in total. The molecule has 2 rings (SSSR count). The van der Waals surface area contributed by atoms with E-state index in [0.29, 0.717) is 0 Å².